The number of halogens is 1. The minimum absolute atomic E-state index is 0.0991. The van der Waals surface area contributed by atoms with Gasteiger partial charge in [-0.25, -0.2) is 0 Å². The van der Waals surface area contributed by atoms with E-state index in [2.05, 4.69) is 10.6 Å². The third-order valence-electron chi connectivity index (χ3n) is 3.46. The normalized spacial score (nSPS) is 23.0. The molecule has 2 rings (SSSR count). The Morgan fingerprint density at radius 3 is 3.06 bits per heavy atom. The largest absolute Gasteiger partial charge is 0.354 e. The quantitative estimate of drug-likeness (QED) is 0.877. The molecule has 0 aromatic heterocycles. The lowest BCUT2D eigenvalue weighted by Crippen LogP contribution is -2.51. The summed E-state index contributed by atoms with van der Waals surface area (Å²) in [6, 6.07) is 7.74. The number of hydrogen-bond donors (Lipinski definition) is 2. The molecule has 0 spiro atoms. The van der Waals surface area contributed by atoms with E-state index in [1.165, 1.54) is 0 Å². The molecule has 3 nitrogen and oxygen atoms in total. The average molecular weight is 267 g/mol. The Labute approximate surface area is 113 Å². The Kier molecular flexibility index (Phi) is 4.25. The van der Waals surface area contributed by atoms with Crippen LogP contribution in [0.2, 0.25) is 5.02 Å². The predicted octanol–water partition coefficient (Wildman–Crippen LogP) is 2.14. The van der Waals surface area contributed by atoms with Gasteiger partial charge in [-0.3, -0.25) is 4.79 Å². The maximum absolute atomic E-state index is 12.0. The molecule has 1 atom stereocenters. The topological polar surface area (TPSA) is 41.1 Å². The minimum Gasteiger partial charge on any atom is -0.354 e. The van der Waals surface area contributed by atoms with Crippen LogP contribution in [0.3, 0.4) is 0 Å². The molecule has 2 N–H and O–H groups in total. The molecule has 1 aromatic carbocycles. The van der Waals surface area contributed by atoms with Crippen LogP contribution in [0.1, 0.15) is 25.3 Å². The van der Waals surface area contributed by atoms with Crippen molar-refractivity contribution in [3.05, 3.63) is 34.9 Å². The Balaban J connectivity index is 1.80. The van der Waals surface area contributed by atoms with Crippen LogP contribution in [-0.4, -0.2) is 24.5 Å². The zero-order valence-corrected chi connectivity index (χ0v) is 11.4. The van der Waals surface area contributed by atoms with Crippen LogP contribution in [0.4, 0.5) is 0 Å². The van der Waals surface area contributed by atoms with Gasteiger partial charge in [0.15, 0.2) is 0 Å². The first-order valence-corrected chi connectivity index (χ1v) is 6.76. The molecule has 1 aliphatic rings. The highest BCUT2D eigenvalue weighted by Gasteiger charge is 2.35. The van der Waals surface area contributed by atoms with Crippen LogP contribution in [0, 0.1) is 0 Å². The fraction of sp³-hybridized carbons (Fsp3) is 0.500. The lowest BCUT2D eigenvalue weighted by molar-refractivity contribution is -0.126. The molecular weight excluding hydrogens is 248 g/mol. The minimum atomic E-state index is -0.381. The second-order valence-corrected chi connectivity index (χ2v) is 5.43. The molecule has 18 heavy (non-hydrogen) atoms. The standard InChI is InChI=1S/C14H19ClN2O/c1-14(7-3-8-17-14)13(18)16-9-6-11-4-2-5-12(15)10-11/h2,4-5,10,17H,3,6-9H2,1H3,(H,16,18). The zero-order valence-electron chi connectivity index (χ0n) is 10.6. The first-order chi connectivity index (χ1) is 8.60. The van der Waals surface area contributed by atoms with Gasteiger partial charge in [0, 0.05) is 11.6 Å². The highest BCUT2D eigenvalue weighted by Crippen LogP contribution is 2.18. The first-order valence-electron chi connectivity index (χ1n) is 6.38. The van der Waals surface area contributed by atoms with Gasteiger partial charge in [-0.15, -0.1) is 0 Å². The van der Waals surface area contributed by atoms with Gasteiger partial charge in [0.1, 0.15) is 0 Å². The summed E-state index contributed by atoms with van der Waals surface area (Å²) in [4.78, 5) is 12.0. The number of amides is 1. The summed E-state index contributed by atoms with van der Waals surface area (Å²) < 4.78 is 0. The van der Waals surface area contributed by atoms with Gasteiger partial charge in [0.25, 0.3) is 0 Å². The SMILES string of the molecule is CC1(C(=O)NCCc2cccc(Cl)c2)CCCN1. The predicted molar refractivity (Wildman–Crippen MR) is 73.8 cm³/mol. The van der Waals surface area contributed by atoms with Crippen LogP contribution in [0.15, 0.2) is 24.3 Å². The maximum atomic E-state index is 12.0. The van der Waals surface area contributed by atoms with E-state index < -0.39 is 0 Å². The number of carbonyl (C=O) groups is 1. The lowest BCUT2D eigenvalue weighted by Gasteiger charge is -2.23. The van der Waals surface area contributed by atoms with Crippen molar-refractivity contribution in [2.45, 2.75) is 31.7 Å². The van der Waals surface area contributed by atoms with Crippen molar-refractivity contribution in [2.75, 3.05) is 13.1 Å². The molecule has 98 valence electrons. The number of hydrogen-bond acceptors (Lipinski definition) is 2. The van der Waals surface area contributed by atoms with Crippen molar-refractivity contribution >= 4 is 17.5 Å². The summed E-state index contributed by atoms with van der Waals surface area (Å²) in [6.45, 7) is 3.55. The number of carbonyl (C=O) groups excluding carboxylic acids is 1. The van der Waals surface area contributed by atoms with Gasteiger partial charge in [0.05, 0.1) is 5.54 Å². The van der Waals surface area contributed by atoms with E-state index in [4.69, 9.17) is 11.6 Å². The van der Waals surface area contributed by atoms with Crippen LogP contribution in [0.25, 0.3) is 0 Å². The highest BCUT2D eigenvalue weighted by molar-refractivity contribution is 6.30. The van der Waals surface area contributed by atoms with Crippen molar-refractivity contribution in [3.63, 3.8) is 0 Å². The fourth-order valence-electron chi connectivity index (χ4n) is 2.30. The van der Waals surface area contributed by atoms with Gasteiger partial charge in [0.2, 0.25) is 5.91 Å². The molecular formula is C14H19ClN2O. The zero-order chi connectivity index (χ0) is 13.0. The summed E-state index contributed by atoms with van der Waals surface area (Å²) in [5.74, 6) is 0.0991. The highest BCUT2D eigenvalue weighted by atomic mass is 35.5. The second-order valence-electron chi connectivity index (χ2n) is 5.00. The molecule has 1 aliphatic heterocycles. The van der Waals surface area contributed by atoms with Crippen molar-refractivity contribution in [1.82, 2.24) is 10.6 Å². The summed E-state index contributed by atoms with van der Waals surface area (Å²) >= 11 is 5.91. The fourth-order valence-corrected chi connectivity index (χ4v) is 2.51. The van der Waals surface area contributed by atoms with Crippen molar-refractivity contribution < 1.29 is 4.79 Å². The summed E-state index contributed by atoms with van der Waals surface area (Å²) in [5, 5.41) is 6.99. The molecule has 0 bridgehead atoms. The van der Waals surface area contributed by atoms with Gasteiger partial charge in [-0.2, -0.15) is 0 Å². The third kappa shape index (κ3) is 3.24. The smallest absolute Gasteiger partial charge is 0.240 e. The van der Waals surface area contributed by atoms with E-state index in [-0.39, 0.29) is 11.4 Å². The van der Waals surface area contributed by atoms with Crippen molar-refractivity contribution in [1.29, 1.82) is 0 Å². The molecule has 1 amide bonds. The van der Waals surface area contributed by atoms with Crippen molar-refractivity contribution in [2.24, 2.45) is 0 Å². The Bertz CT molecular complexity index is 428. The van der Waals surface area contributed by atoms with E-state index in [1.54, 1.807) is 0 Å². The van der Waals surface area contributed by atoms with E-state index in [9.17, 15) is 4.79 Å². The van der Waals surface area contributed by atoms with Gasteiger partial charge in [-0.1, -0.05) is 23.7 Å². The van der Waals surface area contributed by atoms with Crippen LogP contribution in [-0.2, 0) is 11.2 Å². The van der Waals surface area contributed by atoms with E-state index in [0.717, 1.165) is 36.4 Å². The van der Waals surface area contributed by atoms with Gasteiger partial charge >= 0.3 is 0 Å². The molecule has 1 heterocycles. The van der Waals surface area contributed by atoms with E-state index in [1.807, 2.05) is 31.2 Å². The lowest BCUT2D eigenvalue weighted by atomic mass is 9.99. The number of benzene rings is 1. The van der Waals surface area contributed by atoms with Crippen LogP contribution < -0.4 is 10.6 Å². The molecule has 4 heteroatoms. The average Bonchev–Trinajstić information content (AvgIpc) is 2.77. The molecule has 1 unspecified atom stereocenters. The van der Waals surface area contributed by atoms with Crippen LogP contribution in [0.5, 0.6) is 0 Å². The molecule has 1 saturated heterocycles. The van der Waals surface area contributed by atoms with E-state index in [0.29, 0.717) is 6.54 Å². The summed E-state index contributed by atoms with van der Waals surface area (Å²) in [7, 11) is 0. The second kappa shape index (κ2) is 5.72. The molecule has 1 fully saturated rings. The Morgan fingerprint density at radius 1 is 1.56 bits per heavy atom. The number of rotatable bonds is 4. The molecule has 0 aliphatic carbocycles. The van der Waals surface area contributed by atoms with Crippen molar-refractivity contribution in [3.8, 4) is 0 Å². The monoisotopic (exact) mass is 266 g/mol. The Morgan fingerprint density at radius 2 is 2.39 bits per heavy atom. The number of nitrogens with one attached hydrogen (secondary N) is 2. The van der Waals surface area contributed by atoms with E-state index >= 15 is 0 Å². The summed E-state index contributed by atoms with van der Waals surface area (Å²) in [5.41, 5.74) is 0.765. The first kappa shape index (κ1) is 13.4. The van der Waals surface area contributed by atoms with Crippen LogP contribution >= 0.6 is 11.6 Å². The van der Waals surface area contributed by atoms with Gasteiger partial charge in [-0.05, 0) is 50.4 Å². The molecule has 1 aromatic rings. The summed E-state index contributed by atoms with van der Waals surface area (Å²) in [6.07, 6.45) is 2.79. The maximum Gasteiger partial charge on any atom is 0.240 e. The third-order valence-corrected chi connectivity index (χ3v) is 3.69. The Hall–Kier alpha value is -1.06. The molecule has 0 radical (unpaired) electrons. The van der Waals surface area contributed by atoms with Gasteiger partial charge < -0.3 is 10.6 Å². The molecule has 0 saturated carbocycles.